The molecule has 19 heavy (non-hydrogen) atoms. The van der Waals surface area contributed by atoms with E-state index >= 15 is 0 Å². The van der Waals surface area contributed by atoms with E-state index in [-0.39, 0.29) is 12.5 Å². The minimum Gasteiger partial charge on any atom is -0.394 e. The zero-order valence-electron chi connectivity index (χ0n) is 11.6. The van der Waals surface area contributed by atoms with Crippen LogP contribution in [0.15, 0.2) is 0 Å². The molecule has 0 saturated heterocycles. The van der Waals surface area contributed by atoms with Gasteiger partial charge in [-0.25, -0.2) is 0 Å². The van der Waals surface area contributed by atoms with Crippen LogP contribution in [0.4, 0.5) is 0 Å². The first kappa shape index (κ1) is 18.3. The quantitative estimate of drug-likeness (QED) is 0.304. The first-order valence-electron chi connectivity index (χ1n) is 6.28. The van der Waals surface area contributed by atoms with Crippen LogP contribution in [0.3, 0.4) is 0 Å². The van der Waals surface area contributed by atoms with E-state index in [0.29, 0.717) is 6.42 Å². The van der Waals surface area contributed by atoms with Crippen molar-refractivity contribution in [3.8, 4) is 0 Å². The fraction of sp³-hybridized carbons (Fsp3) is 0.917. The topological polar surface area (TPSA) is 130 Å². The average molecular weight is 279 g/mol. The van der Waals surface area contributed by atoms with Gasteiger partial charge in [-0.3, -0.25) is 4.79 Å². The summed E-state index contributed by atoms with van der Waals surface area (Å²) in [6.07, 6.45) is -5.72. The van der Waals surface area contributed by atoms with Crippen molar-refractivity contribution in [3.05, 3.63) is 0 Å². The summed E-state index contributed by atoms with van der Waals surface area (Å²) in [6, 6.07) is 0. The lowest BCUT2D eigenvalue weighted by Crippen LogP contribution is -2.50. The Bertz CT molecular complexity index is 283. The molecule has 0 aromatic heterocycles. The Kier molecular flexibility index (Phi) is 7.46. The summed E-state index contributed by atoms with van der Waals surface area (Å²) < 4.78 is 0. The summed E-state index contributed by atoms with van der Waals surface area (Å²) in [5.74, 6) is -0.279. The maximum atomic E-state index is 11.7. The van der Waals surface area contributed by atoms with Gasteiger partial charge >= 0.3 is 0 Å². The molecule has 4 atom stereocenters. The van der Waals surface area contributed by atoms with Gasteiger partial charge in [-0.15, -0.1) is 0 Å². The van der Waals surface area contributed by atoms with Crippen LogP contribution in [0.5, 0.6) is 0 Å². The van der Waals surface area contributed by atoms with Gasteiger partial charge in [0.15, 0.2) is 0 Å². The van der Waals surface area contributed by atoms with Crippen LogP contribution in [0.1, 0.15) is 27.2 Å². The van der Waals surface area contributed by atoms with Crippen LogP contribution in [0.25, 0.3) is 0 Å². The first-order chi connectivity index (χ1) is 8.67. The highest BCUT2D eigenvalue weighted by Crippen LogP contribution is 2.19. The fourth-order valence-electron chi connectivity index (χ4n) is 1.28. The van der Waals surface area contributed by atoms with E-state index in [9.17, 15) is 20.1 Å². The molecule has 0 radical (unpaired) electrons. The van der Waals surface area contributed by atoms with Crippen LogP contribution < -0.4 is 5.32 Å². The molecule has 0 aromatic carbocycles. The van der Waals surface area contributed by atoms with E-state index in [1.165, 1.54) is 0 Å². The Morgan fingerprint density at radius 3 is 2.00 bits per heavy atom. The molecule has 0 bridgehead atoms. The minimum absolute atomic E-state index is 0.251. The lowest BCUT2D eigenvalue weighted by Gasteiger charge is -2.27. The molecule has 0 spiro atoms. The molecule has 0 heterocycles. The minimum atomic E-state index is -1.68. The third kappa shape index (κ3) is 5.42. The molecule has 0 unspecified atom stereocenters. The van der Waals surface area contributed by atoms with Gasteiger partial charge in [0.2, 0.25) is 5.91 Å². The number of amides is 1. The summed E-state index contributed by atoms with van der Waals surface area (Å²) in [6.45, 7) is 4.36. The van der Waals surface area contributed by atoms with Gasteiger partial charge in [-0.1, -0.05) is 20.8 Å². The first-order valence-corrected chi connectivity index (χ1v) is 6.28. The third-order valence-corrected chi connectivity index (χ3v) is 3.30. The highest BCUT2D eigenvalue weighted by molar-refractivity contribution is 5.81. The fourth-order valence-corrected chi connectivity index (χ4v) is 1.28. The molecular formula is C12H25NO6. The Hall–Kier alpha value is -0.730. The zero-order chi connectivity index (χ0) is 15.2. The molecule has 0 aliphatic carbocycles. The van der Waals surface area contributed by atoms with Crippen LogP contribution in [-0.2, 0) is 4.79 Å². The van der Waals surface area contributed by atoms with E-state index in [1.54, 1.807) is 13.8 Å². The zero-order valence-corrected chi connectivity index (χ0v) is 11.6. The molecule has 7 nitrogen and oxygen atoms in total. The van der Waals surface area contributed by atoms with E-state index < -0.39 is 36.4 Å². The number of carbonyl (C=O) groups excluding carboxylic acids is 1. The summed E-state index contributed by atoms with van der Waals surface area (Å²) in [5.41, 5.74) is -0.589. The number of nitrogens with one attached hydrogen (secondary N) is 1. The van der Waals surface area contributed by atoms with E-state index in [2.05, 4.69) is 5.32 Å². The second kappa shape index (κ2) is 7.76. The van der Waals surface area contributed by atoms with Gasteiger partial charge in [0.1, 0.15) is 18.3 Å². The van der Waals surface area contributed by atoms with Gasteiger partial charge in [0.05, 0.1) is 12.7 Å². The second-order valence-corrected chi connectivity index (χ2v) is 5.25. The van der Waals surface area contributed by atoms with Gasteiger partial charge in [-0.2, -0.15) is 0 Å². The average Bonchev–Trinajstić information content (AvgIpc) is 2.41. The van der Waals surface area contributed by atoms with Crippen molar-refractivity contribution in [3.63, 3.8) is 0 Å². The normalized spacial score (nSPS) is 18.5. The van der Waals surface area contributed by atoms with Crippen LogP contribution in [0, 0.1) is 5.41 Å². The van der Waals surface area contributed by atoms with E-state index in [0.717, 1.165) is 0 Å². The lowest BCUT2D eigenvalue weighted by atomic mass is 9.89. The van der Waals surface area contributed by atoms with Crippen molar-refractivity contribution in [1.29, 1.82) is 0 Å². The summed E-state index contributed by atoms with van der Waals surface area (Å²) >= 11 is 0. The summed E-state index contributed by atoms with van der Waals surface area (Å²) in [4.78, 5) is 11.7. The lowest BCUT2D eigenvalue weighted by molar-refractivity contribution is -0.133. The van der Waals surface area contributed by atoms with Crippen molar-refractivity contribution < 1.29 is 30.3 Å². The predicted octanol–water partition coefficient (Wildman–Crippen LogP) is -2.03. The second-order valence-electron chi connectivity index (χ2n) is 5.25. The highest BCUT2D eigenvalue weighted by atomic mass is 16.4. The molecule has 1 amide bonds. The smallest absolute Gasteiger partial charge is 0.225 e. The van der Waals surface area contributed by atoms with Gasteiger partial charge in [-0.05, 0) is 6.42 Å². The number of aliphatic hydroxyl groups is 5. The molecule has 0 rings (SSSR count). The van der Waals surface area contributed by atoms with Crippen LogP contribution in [0.2, 0.25) is 0 Å². The highest BCUT2D eigenvalue weighted by Gasteiger charge is 2.31. The van der Waals surface area contributed by atoms with Crippen molar-refractivity contribution in [2.24, 2.45) is 5.41 Å². The largest absolute Gasteiger partial charge is 0.394 e. The Morgan fingerprint density at radius 2 is 1.58 bits per heavy atom. The summed E-state index contributed by atoms with van der Waals surface area (Å²) in [5, 5.41) is 48.8. The van der Waals surface area contributed by atoms with E-state index in [4.69, 9.17) is 10.2 Å². The third-order valence-electron chi connectivity index (χ3n) is 3.30. The maximum Gasteiger partial charge on any atom is 0.225 e. The number of aliphatic hydroxyl groups excluding tert-OH is 5. The van der Waals surface area contributed by atoms with Gasteiger partial charge in [0.25, 0.3) is 0 Å². The molecule has 6 N–H and O–H groups in total. The standard InChI is InChI=1S/C12H25NO6/c1-4-12(2,3)11(19)13-5-7(15)9(17)10(18)8(16)6-14/h7-10,14-18H,4-6H2,1-3H3,(H,13,19)/t7-,8+,9+,10+/m0/s1. The maximum absolute atomic E-state index is 11.7. The molecule has 0 aromatic rings. The number of carbonyl (C=O) groups is 1. The van der Waals surface area contributed by atoms with Crippen molar-refractivity contribution >= 4 is 5.91 Å². The van der Waals surface area contributed by atoms with E-state index in [1.807, 2.05) is 6.92 Å². The van der Waals surface area contributed by atoms with Gasteiger partial charge < -0.3 is 30.8 Å². The molecule has 114 valence electrons. The molecule has 0 saturated carbocycles. The number of hydrogen-bond donors (Lipinski definition) is 6. The summed E-state index contributed by atoms with van der Waals surface area (Å²) in [7, 11) is 0. The Labute approximate surface area is 112 Å². The SMILES string of the molecule is CCC(C)(C)C(=O)NC[C@H](O)[C@@H](O)[C@H](O)[C@H](O)CO. The Morgan fingerprint density at radius 1 is 1.11 bits per heavy atom. The monoisotopic (exact) mass is 279 g/mol. The predicted molar refractivity (Wildman–Crippen MR) is 68.2 cm³/mol. The van der Waals surface area contributed by atoms with Crippen molar-refractivity contribution in [2.75, 3.05) is 13.2 Å². The Balaban J connectivity index is 4.32. The molecule has 0 fully saturated rings. The molecule has 7 heteroatoms. The van der Waals surface area contributed by atoms with Crippen molar-refractivity contribution in [1.82, 2.24) is 5.32 Å². The van der Waals surface area contributed by atoms with Gasteiger partial charge in [0, 0.05) is 12.0 Å². The number of hydrogen-bond acceptors (Lipinski definition) is 6. The van der Waals surface area contributed by atoms with Crippen LogP contribution in [-0.4, -0.2) is 69.0 Å². The molecular weight excluding hydrogens is 254 g/mol. The van der Waals surface area contributed by atoms with Crippen molar-refractivity contribution in [2.45, 2.75) is 51.6 Å². The molecule has 0 aliphatic rings. The number of rotatable bonds is 8. The molecule has 0 aliphatic heterocycles. The van der Waals surface area contributed by atoms with Crippen LogP contribution >= 0.6 is 0 Å².